The summed E-state index contributed by atoms with van der Waals surface area (Å²) in [7, 11) is 0. The van der Waals surface area contributed by atoms with E-state index in [1.165, 1.54) is 12.2 Å². The topological polar surface area (TPSA) is 49.3 Å². The maximum absolute atomic E-state index is 10.3. The quantitative estimate of drug-likeness (QED) is 0.623. The maximum Gasteiger partial charge on any atom is 0.335 e. The molecule has 0 aliphatic carbocycles. The third-order valence-corrected chi connectivity index (χ3v) is 1.07. The van der Waals surface area contributed by atoms with Crippen molar-refractivity contribution in [3.05, 3.63) is 36.2 Å². The number of carboxylic acid groups (broad SMARTS) is 1. The standard InChI is InChI=1S/C7H7NO2.ClH/c9-7(10)6-2-1-4-8-5-3-6;/h1-5,8H,(H,9,10);1H. The van der Waals surface area contributed by atoms with Crippen LogP contribution < -0.4 is 5.32 Å². The zero-order valence-corrected chi connectivity index (χ0v) is 6.47. The monoisotopic (exact) mass is 173 g/mol. The number of aliphatic carboxylic acids is 1. The second-order valence-electron chi connectivity index (χ2n) is 1.79. The number of allylic oxidation sites excluding steroid dienone is 2. The maximum atomic E-state index is 10.3. The summed E-state index contributed by atoms with van der Waals surface area (Å²) in [5, 5.41) is 11.2. The van der Waals surface area contributed by atoms with Gasteiger partial charge < -0.3 is 10.4 Å². The van der Waals surface area contributed by atoms with E-state index < -0.39 is 5.97 Å². The molecule has 1 aliphatic heterocycles. The molecule has 60 valence electrons. The number of hydrogen-bond acceptors (Lipinski definition) is 2. The fraction of sp³-hybridized carbons (Fsp3) is 0. The van der Waals surface area contributed by atoms with E-state index in [1.54, 1.807) is 18.5 Å². The van der Waals surface area contributed by atoms with Crippen molar-refractivity contribution in [3.63, 3.8) is 0 Å². The second kappa shape index (κ2) is 4.57. The van der Waals surface area contributed by atoms with E-state index in [1.807, 2.05) is 0 Å². The molecule has 0 bridgehead atoms. The largest absolute Gasteiger partial charge is 0.478 e. The highest BCUT2D eigenvalue weighted by Crippen LogP contribution is 1.98. The summed E-state index contributed by atoms with van der Waals surface area (Å²) in [6.07, 6.45) is 7.90. The summed E-state index contributed by atoms with van der Waals surface area (Å²) in [4.78, 5) is 10.3. The molecule has 0 aromatic rings. The molecular formula is C7H8ClNO2. The second-order valence-corrected chi connectivity index (χ2v) is 1.79. The normalized spacial score (nSPS) is 14.0. The number of rotatable bonds is 1. The molecule has 1 heterocycles. The summed E-state index contributed by atoms with van der Waals surface area (Å²) in [5.41, 5.74) is 0.279. The molecule has 11 heavy (non-hydrogen) atoms. The Balaban J connectivity index is 0.000001000. The van der Waals surface area contributed by atoms with E-state index in [0.717, 1.165) is 0 Å². The molecule has 0 aromatic heterocycles. The number of carbonyl (C=O) groups is 1. The van der Waals surface area contributed by atoms with Gasteiger partial charge in [0, 0.05) is 12.4 Å². The van der Waals surface area contributed by atoms with Crippen LogP contribution in [0.3, 0.4) is 0 Å². The fourth-order valence-corrected chi connectivity index (χ4v) is 0.599. The van der Waals surface area contributed by atoms with Gasteiger partial charge in [-0.1, -0.05) is 0 Å². The molecule has 0 radical (unpaired) electrons. The lowest BCUT2D eigenvalue weighted by Crippen LogP contribution is -1.97. The van der Waals surface area contributed by atoms with E-state index >= 15 is 0 Å². The van der Waals surface area contributed by atoms with Crippen molar-refractivity contribution >= 4 is 18.4 Å². The molecular weight excluding hydrogens is 166 g/mol. The predicted molar refractivity (Wildman–Crippen MR) is 44.4 cm³/mol. The molecule has 1 rings (SSSR count). The minimum absolute atomic E-state index is 0. The van der Waals surface area contributed by atoms with Crippen molar-refractivity contribution in [2.75, 3.05) is 0 Å². The van der Waals surface area contributed by atoms with Gasteiger partial charge in [-0.2, -0.15) is 0 Å². The van der Waals surface area contributed by atoms with E-state index in [4.69, 9.17) is 5.11 Å². The third-order valence-electron chi connectivity index (χ3n) is 1.07. The lowest BCUT2D eigenvalue weighted by molar-refractivity contribution is -0.132. The average Bonchev–Trinajstić information content (AvgIpc) is 2.12. The summed E-state index contributed by atoms with van der Waals surface area (Å²) < 4.78 is 0. The predicted octanol–water partition coefficient (Wildman–Crippen LogP) is 1.05. The van der Waals surface area contributed by atoms with E-state index in [-0.39, 0.29) is 18.0 Å². The highest BCUT2D eigenvalue weighted by atomic mass is 35.5. The van der Waals surface area contributed by atoms with Crippen LogP contribution in [0.1, 0.15) is 0 Å². The van der Waals surface area contributed by atoms with Gasteiger partial charge in [0.15, 0.2) is 0 Å². The zero-order valence-electron chi connectivity index (χ0n) is 5.65. The van der Waals surface area contributed by atoms with Gasteiger partial charge in [-0.25, -0.2) is 4.79 Å². The van der Waals surface area contributed by atoms with Crippen molar-refractivity contribution in [1.82, 2.24) is 5.32 Å². The summed E-state index contributed by atoms with van der Waals surface area (Å²) in [6.45, 7) is 0. The molecule has 0 saturated carbocycles. The SMILES string of the molecule is Cl.O=C(O)C1=CC=CNC=C1. The van der Waals surface area contributed by atoms with Crippen LogP contribution in [0.4, 0.5) is 0 Å². The molecule has 0 saturated heterocycles. The van der Waals surface area contributed by atoms with Crippen molar-refractivity contribution in [2.24, 2.45) is 0 Å². The van der Waals surface area contributed by atoms with Crippen LogP contribution >= 0.6 is 12.4 Å². The van der Waals surface area contributed by atoms with Gasteiger partial charge in [-0.3, -0.25) is 0 Å². The van der Waals surface area contributed by atoms with Gasteiger partial charge in [-0.05, 0) is 18.2 Å². The first kappa shape index (κ1) is 9.78. The van der Waals surface area contributed by atoms with Crippen LogP contribution in [0.15, 0.2) is 36.2 Å². The summed E-state index contributed by atoms with van der Waals surface area (Å²) in [5.74, 6) is -0.912. The zero-order chi connectivity index (χ0) is 7.40. The van der Waals surface area contributed by atoms with Crippen LogP contribution in [0.5, 0.6) is 0 Å². The molecule has 0 fully saturated rings. The van der Waals surface area contributed by atoms with Gasteiger partial charge in [0.1, 0.15) is 0 Å². The Morgan fingerprint density at radius 3 is 2.82 bits per heavy atom. The van der Waals surface area contributed by atoms with Crippen molar-refractivity contribution in [3.8, 4) is 0 Å². The lowest BCUT2D eigenvalue weighted by atomic mass is 10.2. The van der Waals surface area contributed by atoms with Crippen LogP contribution in [-0.4, -0.2) is 11.1 Å². The highest BCUT2D eigenvalue weighted by molar-refractivity contribution is 5.90. The fourth-order valence-electron chi connectivity index (χ4n) is 0.599. The highest BCUT2D eigenvalue weighted by Gasteiger charge is 2.00. The Kier molecular flexibility index (Phi) is 4.07. The van der Waals surface area contributed by atoms with Crippen molar-refractivity contribution in [2.45, 2.75) is 0 Å². The molecule has 2 N–H and O–H groups in total. The van der Waals surface area contributed by atoms with Crippen LogP contribution in [0.25, 0.3) is 0 Å². The van der Waals surface area contributed by atoms with E-state index in [0.29, 0.717) is 0 Å². The minimum atomic E-state index is -0.912. The Morgan fingerprint density at radius 2 is 2.18 bits per heavy atom. The Bertz CT molecular complexity index is 231. The number of nitrogens with one attached hydrogen (secondary N) is 1. The van der Waals surface area contributed by atoms with Crippen molar-refractivity contribution in [1.29, 1.82) is 0 Å². The first-order valence-electron chi connectivity index (χ1n) is 2.83. The molecule has 0 aromatic carbocycles. The van der Waals surface area contributed by atoms with Gasteiger partial charge in [0.2, 0.25) is 0 Å². The Labute approximate surface area is 70.5 Å². The molecule has 4 heteroatoms. The Morgan fingerprint density at radius 1 is 1.45 bits per heavy atom. The number of carboxylic acids is 1. The van der Waals surface area contributed by atoms with Crippen LogP contribution in [0.2, 0.25) is 0 Å². The summed E-state index contributed by atoms with van der Waals surface area (Å²) >= 11 is 0. The minimum Gasteiger partial charge on any atom is -0.478 e. The first-order chi connectivity index (χ1) is 4.80. The third kappa shape index (κ3) is 2.91. The first-order valence-corrected chi connectivity index (χ1v) is 2.83. The average molecular weight is 174 g/mol. The molecule has 1 aliphatic rings. The molecule has 3 nitrogen and oxygen atoms in total. The summed E-state index contributed by atoms with van der Waals surface area (Å²) in [6, 6.07) is 0. The van der Waals surface area contributed by atoms with Crippen LogP contribution in [0, 0.1) is 0 Å². The molecule has 0 spiro atoms. The van der Waals surface area contributed by atoms with Crippen molar-refractivity contribution < 1.29 is 9.90 Å². The van der Waals surface area contributed by atoms with Gasteiger partial charge in [0.05, 0.1) is 5.57 Å². The molecule has 0 atom stereocenters. The Hall–Kier alpha value is -1.22. The number of hydrogen-bond donors (Lipinski definition) is 2. The van der Waals surface area contributed by atoms with Gasteiger partial charge in [-0.15, -0.1) is 12.4 Å². The van der Waals surface area contributed by atoms with Gasteiger partial charge >= 0.3 is 5.97 Å². The molecule has 0 amide bonds. The van der Waals surface area contributed by atoms with Crippen LogP contribution in [-0.2, 0) is 4.79 Å². The molecule has 0 unspecified atom stereocenters. The smallest absolute Gasteiger partial charge is 0.335 e. The van der Waals surface area contributed by atoms with Gasteiger partial charge in [0.25, 0.3) is 0 Å². The number of halogens is 1. The lowest BCUT2D eigenvalue weighted by Gasteiger charge is -1.88. The van der Waals surface area contributed by atoms with E-state index in [9.17, 15) is 4.79 Å². The van der Waals surface area contributed by atoms with E-state index in [2.05, 4.69) is 5.32 Å².